The Bertz CT molecular complexity index is 152. The Morgan fingerprint density at radius 1 is 1.78 bits per heavy atom. The van der Waals surface area contributed by atoms with Gasteiger partial charge in [0.1, 0.15) is 0 Å². The smallest absolute Gasteiger partial charge is 0.0508 e. The Balaban J connectivity index is 2.55. The van der Waals surface area contributed by atoms with Gasteiger partial charge in [-0.1, -0.05) is 6.92 Å². The predicted octanol–water partition coefficient (Wildman–Crippen LogP) is 1.80. The SMILES string of the molecule is CC1CC=C=C(N)CC1. The molecule has 0 aromatic heterocycles. The number of hydrogen-bond donors (Lipinski definition) is 1. The molecule has 1 nitrogen and oxygen atoms in total. The van der Waals surface area contributed by atoms with Gasteiger partial charge in [-0.25, -0.2) is 0 Å². The third kappa shape index (κ3) is 1.95. The third-order valence-corrected chi connectivity index (χ3v) is 1.71. The fourth-order valence-corrected chi connectivity index (χ4v) is 0.983. The van der Waals surface area contributed by atoms with Crippen molar-refractivity contribution < 1.29 is 0 Å². The minimum Gasteiger partial charge on any atom is -0.396 e. The van der Waals surface area contributed by atoms with Crippen molar-refractivity contribution in [3.63, 3.8) is 0 Å². The van der Waals surface area contributed by atoms with Gasteiger partial charge in [-0.05, 0) is 31.3 Å². The fraction of sp³-hybridized carbons (Fsp3) is 0.625. The molecular formula is C8H13N. The van der Waals surface area contributed by atoms with E-state index in [1.165, 1.54) is 6.42 Å². The Morgan fingerprint density at radius 3 is 3.33 bits per heavy atom. The van der Waals surface area contributed by atoms with E-state index in [0.717, 1.165) is 24.5 Å². The van der Waals surface area contributed by atoms with E-state index in [2.05, 4.69) is 12.7 Å². The molecule has 0 heterocycles. The first kappa shape index (κ1) is 6.44. The largest absolute Gasteiger partial charge is 0.396 e. The standard InChI is InChI=1S/C8H13N/c1-7-3-2-4-8(9)6-5-7/h2,7H,3,5-6,9H2,1H3. The van der Waals surface area contributed by atoms with Crippen molar-refractivity contribution in [1.82, 2.24) is 0 Å². The van der Waals surface area contributed by atoms with Crippen LogP contribution in [0, 0.1) is 5.92 Å². The Hall–Kier alpha value is -0.680. The normalized spacial score (nSPS) is 27.2. The van der Waals surface area contributed by atoms with Gasteiger partial charge in [0.15, 0.2) is 0 Å². The van der Waals surface area contributed by atoms with Crippen LogP contribution in [0.15, 0.2) is 17.5 Å². The molecule has 50 valence electrons. The Kier molecular flexibility index (Phi) is 1.96. The molecule has 0 amide bonds. The van der Waals surface area contributed by atoms with E-state index in [-0.39, 0.29) is 0 Å². The molecule has 0 aromatic rings. The maximum atomic E-state index is 5.57. The van der Waals surface area contributed by atoms with Gasteiger partial charge in [0.05, 0.1) is 5.70 Å². The molecule has 0 bridgehead atoms. The third-order valence-electron chi connectivity index (χ3n) is 1.71. The molecule has 1 heteroatoms. The summed E-state index contributed by atoms with van der Waals surface area (Å²) in [6, 6.07) is 0. The van der Waals surface area contributed by atoms with Gasteiger partial charge in [-0.15, -0.1) is 5.73 Å². The molecule has 0 fully saturated rings. The van der Waals surface area contributed by atoms with Crippen molar-refractivity contribution in [3.05, 3.63) is 17.5 Å². The van der Waals surface area contributed by atoms with E-state index < -0.39 is 0 Å². The monoisotopic (exact) mass is 123 g/mol. The summed E-state index contributed by atoms with van der Waals surface area (Å²) >= 11 is 0. The maximum absolute atomic E-state index is 5.57. The fourth-order valence-electron chi connectivity index (χ4n) is 0.983. The molecule has 1 rings (SSSR count). The van der Waals surface area contributed by atoms with Crippen LogP contribution in [-0.4, -0.2) is 0 Å². The van der Waals surface area contributed by atoms with E-state index in [9.17, 15) is 0 Å². The Labute approximate surface area is 56.2 Å². The summed E-state index contributed by atoms with van der Waals surface area (Å²) in [6.07, 6.45) is 5.43. The van der Waals surface area contributed by atoms with Gasteiger partial charge in [-0.2, -0.15) is 0 Å². The lowest BCUT2D eigenvalue weighted by Gasteiger charge is -2.03. The van der Waals surface area contributed by atoms with Crippen LogP contribution in [0.4, 0.5) is 0 Å². The lowest BCUT2D eigenvalue weighted by molar-refractivity contribution is 0.544. The van der Waals surface area contributed by atoms with Crippen molar-refractivity contribution in [2.45, 2.75) is 26.2 Å². The molecule has 1 unspecified atom stereocenters. The summed E-state index contributed by atoms with van der Waals surface area (Å²) in [5.41, 5.74) is 9.53. The summed E-state index contributed by atoms with van der Waals surface area (Å²) in [5.74, 6) is 0.790. The second kappa shape index (κ2) is 2.75. The van der Waals surface area contributed by atoms with Gasteiger partial charge in [0.25, 0.3) is 0 Å². The zero-order chi connectivity index (χ0) is 6.69. The molecule has 2 N–H and O–H groups in total. The van der Waals surface area contributed by atoms with Crippen molar-refractivity contribution in [1.29, 1.82) is 0 Å². The molecule has 1 aliphatic rings. The highest BCUT2D eigenvalue weighted by Crippen LogP contribution is 2.15. The molecule has 0 radical (unpaired) electrons. The van der Waals surface area contributed by atoms with E-state index >= 15 is 0 Å². The maximum Gasteiger partial charge on any atom is 0.0508 e. The predicted molar refractivity (Wildman–Crippen MR) is 38.8 cm³/mol. The summed E-state index contributed by atoms with van der Waals surface area (Å²) in [4.78, 5) is 0. The zero-order valence-electron chi connectivity index (χ0n) is 5.85. The molecule has 9 heavy (non-hydrogen) atoms. The highest BCUT2D eigenvalue weighted by atomic mass is 14.6. The van der Waals surface area contributed by atoms with E-state index in [4.69, 9.17) is 5.73 Å². The topological polar surface area (TPSA) is 26.0 Å². The summed E-state index contributed by atoms with van der Waals surface area (Å²) in [7, 11) is 0. The van der Waals surface area contributed by atoms with Crippen molar-refractivity contribution >= 4 is 0 Å². The van der Waals surface area contributed by atoms with Crippen LogP contribution in [0.25, 0.3) is 0 Å². The molecule has 0 spiro atoms. The van der Waals surface area contributed by atoms with Crippen LogP contribution in [0.1, 0.15) is 26.2 Å². The number of nitrogens with two attached hydrogens (primary N) is 1. The van der Waals surface area contributed by atoms with E-state index in [1.807, 2.05) is 6.08 Å². The highest BCUT2D eigenvalue weighted by molar-refractivity contribution is 4.99. The van der Waals surface area contributed by atoms with Gasteiger partial charge in [0.2, 0.25) is 0 Å². The average molecular weight is 123 g/mol. The molecule has 0 aromatic carbocycles. The summed E-state index contributed by atoms with van der Waals surface area (Å²) in [6.45, 7) is 2.25. The second-order valence-corrected chi connectivity index (χ2v) is 2.75. The lowest BCUT2D eigenvalue weighted by Crippen LogP contribution is -1.97. The lowest BCUT2D eigenvalue weighted by atomic mass is 10.0. The molecule has 1 aliphatic carbocycles. The Morgan fingerprint density at radius 2 is 2.56 bits per heavy atom. The van der Waals surface area contributed by atoms with Crippen LogP contribution in [0.2, 0.25) is 0 Å². The van der Waals surface area contributed by atoms with Crippen LogP contribution in [-0.2, 0) is 0 Å². The molecular weight excluding hydrogens is 110 g/mol. The van der Waals surface area contributed by atoms with Gasteiger partial charge in [0, 0.05) is 0 Å². The van der Waals surface area contributed by atoms with Crippen molar-refractivity contribution in [3.8, 4) is 0 Å². The average Bonchev–Trinajstić information content (AvgIpc) is 1.97. The quantitative estimate of drug-likeness (QED) is 0.488. The van der Waals surface area contributed by atoms with Crippen LogP contribution < -0.4 is 5.73 Å². The minimum absolute atomic E-state index is 0.790. The van der Waals surface area contributed by atoms with E-state index in [1.54, 1.807) is 0 Å². The van der Waals surface area contributed by atoms with Crippen molar-refractivity contribution in [2.75, 3.05) is 0 Å². The number of allylic oxidation sites excluding steroid dienone is 1. The number of rotatable bonds is 0. The first-order valence-corrected chi connectivity index (χ1v) is 3.48. The molecule has 0 saturated heterocycles. The van der Waals surface area contributed by atoms with Gasteiger partial charge >= 0.3 is 0 Å². The second-order valence-electron chi connectivity index (χ2n) is 2.75. The zero-order valence-corrected chi connectivity index (χ0v) is 5.85. The highest BCUT2D eigenvalue weighted by Gasteiger charge is 2.02. The van der Waals surface area contributed by atoms with Crippen LogP contribution >= 0.6 is 0 Å². The minimum atomic E-state index is 0.790. The first-order chi connectivity index (χ1) is 4.29. The molecule has 0 aliphatic heterocycles. The summed E-state index contributed by atoms with van der Waals surface area (Å²) in [5, 5.41) is 0. The first-order valence-electron chi connectivity index (χ1n) is 3.48. The molecule has 1 atom stereocenters. The van der Waals surface area contributed by atoms with E-state index in [0.29, 0.717) is 0 Å². The molecule has 0 saturated carbocycles. The van der Waals surface area contributed by atoms with Crippen molar-refractivity contribution in [2.24, 2.45) is 11.7 Å². The van der Waals surface area contributed by atoms with Gasteiger partial charge in [-0.3, -0.25) is 0 Å². The summed E-state index contributed by atoms with van der Waals surface area (Å²) < 4.78 is 0. The van der Waals surface area contributed by atoms with Crippen LogP contribution in [0.5, 0.6) is 0 Å². The van der Waals surface area contributed by atoms with Crippen LogP contribution in [0.3, 0.4) is 0 Å². The number of hydrogen-bond acceptors (Lipinski definition) is 1. The van der Waals surface area contributed by atoms with Gasteiger partial charge < -0.3 is 5.73 Å².